The molecular formula is C14H11BrCl2N2O. The molecule has 0 aliphatic heterocycles. The Morgan fingerprint density at radius 2 is 2.00 bits per heavy atom. The zero-order chi connectivity index (χ0) is 14.7. The van der Waals surface area contributed by atoms with Crippen molar-refractivity contribution in [3.8, 4) is 0 Å². The first kappa shape index (κ1) is 15.3. The second-order valence-corrected chi connectivity index (χ2v) is 6.03. The molecule has 20 heavy (non-hydrogen) atoms. The third kappa shape index (κ3) is 3.72. The van der Waals surface area contributed by atoms with Gasteiger partial charge in [-0.15, -0.1) is 0 Å². The molecule has 0 N–H and O–H groups in total. The molecule has 0 spiro atoms. The van der Waals surface area contributed by atoms with Gasteiger partial charge in [0.25, 0.3) is 5.91 Å². The van der Waals surface area contributed by atoms with Gasteiger partial charge in [-0.3, -0.25) is 9.78 Å². The molecule has 2 rings (SSSR count). The molecule has 0 aliphatic carbocycles. The Morgan fingerprint density at radius 1 is 1.25 bits per heavy atom. The number of hydrogen-bond acceptors (Lipinski definition) is 2. The lowest BCUT2D eigenvalue weighted by molar-refractivity contribution is 0.0784. The minimum Gasteiger partial charge on any atom is -0.337 e. The Hall–Kier alpha value is -1.10. The summed E-state index contributed by atoms with van der Waals surface area (Å²) in [6.07, 6.45) is 3.17. The summed E-state index contributed by atoms with van der Waals surface area (Å²) in [5.74, 6) is -0.107. The molecule has 0 fully saturated rings. The fraction of sp³-hybridized carbons (Fsp3) is 0.143. The van der Waals surface area contributed by atoms with E-state index in [4.69, 9.17) is 23.2 Å². The molecule has 3 nitrogen and oxygen atoms in total. The number of nitrogens with zero attached hydrogens (tertiary/aromatic N) is 2. The Balaban J connectivity index is 2.13. The molecule has 0 atom stereocenters. The largest absolute Gasteiger partial charge is 0.337 e. The molecule has 1 aromatic heterocycles. The Bertz CT molecular complexity index is 649. The van der Waals surface area contributed by atoms with Crippen molar-refractivity contribution in [1.29, 1.82) is 0 Å². The lowest BCUT2D eigenvalue weighted by atomic mass is 10.2. The first-order valence-electron chi connectivity index (χ1n) is 5.77. The fourth-order valence-electron chi connectivity index (χ4n) is 1.73. The predicted octanol–water partition coefficient (Wildman–Crippen LogP) is 4.42. The number of pyridine rings is 1. The highest BCUT2D eigenvalue weighted by atomic mass is 79.9. The second-order valence-electron chi connectivity index (χ2n) is 4.30. The number of rotatable bonds is 3. The van der Waals surface area contributed by atoms with Crippen LogP contribution in [0.5, 0.6) is 0 Å². The molecule has 0 saturated heterocycles. The topological polar surface area (TPSA) is 33.2 Å². The van der Waals surface area contributed by atoms with E-state index in [0.717, 1.165) is 10.0 Å². The number of halogens is 3. The van der Waals surface area contributed by atoms with Crippen molar-refractivity contribution in [3.05, 3.63) is 62.3 Å². The minimum atomic E-state index is -0.107. The van der Waals surface area contributed by atoms with Crippen molar-refractivity contribution in [2.24, 2.45) is 0 Å². The van der Waals surface area contributed by atoms with Crippen LogP contribution in [0.15, 0.2) is 41.1 Å². The lowest BCUT2D eigenvalue weighted by Gasteiger charge is -2.17. The monoisotopic (exact) mass is 372 g/mol. The predicted molar refractivity (Wildman–Crippen MR) is 84.2 cm³/mol. The van der Waals surface area contributed by atoms with E-state index in [1.807, 2.05) is 6.07 Å². The van der Waals surface area contributed by atoms with E-state index < -0.39 is 0 Å². The molecule has 0 bridgehead atoms. The van der Waals surface area contributed by atoms with Crippen molar-refractivity contribution >= 4 is 45.0 Å². The van der Waals surface area contributed by atoms with Gasteiger partial charge in [-0.05, 0) is 39.7 Å². The Morgan fingerprint density at radius 3 is 2.65 bits per heavy atom. The SMILES string of the molecule is CN(Cc1ccc(Cl)c(Cl)c1)C(=O)c1cncc(Br)c1. The molecule has 0 unspecified atom stereocenters. The maximum atomic E-state index is 12.3. The van der Waals surface area contributed by atoms with Gasteiger partial charge >= 0.3 is 0 Å². The fourth-order valence-corrected chi connectivity index (χ4v) is 2.42. The van der Waals surface area contributed by atoms with Crippen molar-refractivity contribution in [1.82, 2.24) is 9.88 Å². The summed E-state index contributed by atoms with van der Waals surface area (Å²) in [7, 11) is 1.73. The van der Waals surface area contributed by atoms with Crippen LogP contribution in [0.25, 0.3) is 0 Å². The van der Waals surface area contributed by atoms with Gasteiger partial charge < -0.3 is 4.90 Å². The number of benzene rings is 1. The van der Waals surface area contributed by atoms with E-state index in [0.29, 0.717) is 22.2 Å². The van der Waals surface area contributed by atoms with E-state index in [2.05, 4.69) is 20.9 Å². The number of carbonyl (C=O) groups is 1. The van der Waals surface area contributed by atoms with E-state index in [9.17, 15) is 4.79 Å². The summed E-state index contributed by atoms with van der Waals surface area (Å²) in [4.78, 5) is 17.8. The van der Waals surface area contributed by atoms with Crippen molar-refractivity contribution in [2.45, 2.75) is 6.54 Å². The second kappa shape index (κ2) is 6.57. The molecule has 2 aromatic rings. The van der Waals surface area contributed by atoms with Crippen LogP contribution in [0, 0.1) is 0 Å². The van der Waals surface area contributed by atoms with Gasteiger partial charge in [0.2, 0.25) is 0 Å². The Labute approximate surface area is 135 Å². The van der Waals surface area contributed by atoms with Crippen molar-refractivity contribution in [3.63, 3.8) is 0 Å². The standard InChI is InChI=1S/C14H11BrCl2N2O/c1-19(8-9-2-3-12(16)13(17)4-9)14(20)10-5-11(15)7-18-6-10/h2-7H,8H2,1H3. The molecule has 0 saturated carbocycles. The third-order valence-electron chi connectivity index (χ3n) is 2.70. The summed E-state index contributed by atoms with van der Waals surface area (Å²) in [5.41, 5.74) is 1.44. The number of hydrogen-bond donors (Lipinski definition) is 0. The first-order valence-corrected chi connectivity index (χ1v) is 7.32. The minimum absolute atomic E-state index is 0.107. The van der Waals surface area contributed by atoms with E-state index >= 15 is 0 Å². The summed E-state index contributed by atoms with van der Waals surface area (Å²) in [5, 5.41) is 0.981. The van der Waals surface area contributed by atoms with Gasteiger partial charge in [0, 0.05) is 30.5 Å². The third-order valence-corrected chi connectivity index (χ3v) is 3.87. The highest BCUT2D eigenvalue weighted by Crippen LogP contribution is 2.23. The summed E-state index contributed by atoms with van der Waals surface area (Å²) in [6.45, 7) is 0.447. The van der Waals surface area contributed by atoms with Crippen LogP contribution in [0.3, 0.4) is 0 Å². The quantitative estimate of drug-likeness (QED) is 0.797. The molecular weight excluding hydrogens is 363 g/mol. The van der Waals surface area contributed by atoms with Crippen molar-refractivity contribution < 1.29 is 4.79 Å². The summed E-state index contributed by atoms with van der Waals surface area (Å²) in [6, 6.07) is 7.06. The van der Waals surface area contributed by atoms with Gasteiger partial charge in [0.05, 0.1) is 15.6 Å². The van der Waals surface area contributed by atoms with Gasteiger partial charge in [-0.25, -0.2) is 0 Å². The average Bonchev–Trinajstić information content (AvgIpc) is 2.42. The van der Waals surface area contributed by atoms with Crippen LogP contribution in [-0.4, -0.2) is 22.8 Å². The van der Waals surface area contributed by atoms with E-state index in [-0.39, 0.29) is 5.91 Å². The van der Waals surface area contributed by atoms with Gasteiger partial charge in [0.15, 0.2) is 0 Å². The van der Waals surface area contributed by atoms with E-state index in [1.54, 1.807) is 42.5 Å². The maximum absolute atomic E-state index is 12.3. The lowest BCUT2D eigenvalue weighted by Crippen LogP contribution is -2.26. The molecule has 0 radical (unpaired) electrons. The highest BCUT2D eigenvalue weighted by molar-refractivity contribution is 9.10. The van der Waals surface area contributed by atoms with Crippen LogP contribution < -0.4 is 0 Å². The van der Waals surface area contributed by atoms with Crippen LogP contribution in [0.4, 0.5) is 0 Å². The molecule has 0 aliphatic rings. The van der Waals surface area contributed by atoms with Gasteiger partial charge in [-0.2, -0.15) is 0 Å². The van der Waals surface area contributed by atoms with Gasteiger partial charge in [-0.1, -0.05) is 29.3 Å². The molecule has 6 heteroatoms. The number of carbonyl (C=O) groups excluding carboxylic acids is 1. The zero-order valence-electron chi connectivity index (χ0n) is 10.6. The summed E-state index contributed by atoms with van der Waals surface area (Å²) >= 11 is 15.1. The molecule has 1 heterocycles. The molecule has 1 amide bonds. The van der Waals surface area contributed by atoms with E-state index in [1.165, 1.54) is 0 Å². The van der Waals surface area contributed by atoms with Crippen LogP contribution in [0.2, 0.25) is 10.0 Å². The highest BCUT2D eigenvalue weighted by Gasteiger charge is 2.13. The molecule has 1 aromatic carbocycles. The smallest absolute Gasteiger partial charge is 0.255 e. The zero-order valence-corrected chi connectivity index (χ0v) is 13.7. The van der Waals surface area contributed by atoms with Crippen molar-refractivity contribution in [2.75, 3.05) is 7.05 Å². The van der Waals surface area contributed by atoms with Crippen LogP contribution in [-0.2, 0) is 6.54 Å². The van der Waals surface area contributed by atoms with Crippen LogP contribution in [0.1, 0.15) is 15.9 Å². The van der Waals surface area contributed by atoms with Gasteiger partial charge in [0.1, 0.15) is 0 Å². The number of aromatic nitrogens is 1. The Kier molecular flexibility index (Phi) is 5.02. The molecule has 104 valence electrons. The number of amides is 1. The summed E-state index contributed by atoms with van der Waals surface area (Å²) < 4.78 is 0.770. The maximum Gasteiger partial charge on any atom is 0.255 e. The normalized spacial score (nSPS) is 10.4. The average molecular weight is 374 g/mol. The first-order chi connectivity index (χ1) is 9.47. The van der Waals surface area contributed by atoms with Crippen LogP contribution >= 0.6 is 39.1 Å².